The molecule has 1 aromatic carbocycles. The van der Waals surface area contributed by atoms with Crippen LogP contribution in [0.1, 0.15) is 35.2 Å². The lowest BCUT2D eigenvalue weighted by atomic mass is 10.0. The van der Waals surface area contributed by atoms with Crippen molar-refractivity contribution in [3.63, 3.8) is 0 Å². The van der Waals surface area contributed by atoms with Crippen molar-refractivity contribution in [3.8, 4) is 0 Å². The van der Waals surface area contributed by atoms with Gasteiger partial charge in [0.15, 0.2) is 0 Å². The molecule has 3 N–H and O–H groups in total. The largest absolute Gasteiger partial charge is 0.416 e. The summed E-state index contributed by atoms with van der Waals surface area (Å²) in [5.41, 5.74) is 4.84. The summed E-state index contributed by atoms with van der Waals surface area (Å²) in [4.78, 5) is 12.0. The molecule has 2 atom stereocenters. The van der Waals surface area contributed by atoms with Crippen LogP contribution in [0.2, 0.25) is 0 Å². The van der Waals surface area contributed by atoms with Crippen LogP contribution in [0.25, 0.3) is 0 Å². The number of nitrogens with two attached hydrogens (primary N) is 1. The molecule has 3 nitrogen and oxygen atoms in total. The molecule has 7 heteroatoms. The van der Waals surface area contributed by atoms with Crippen molar-refractivity contribution in [2.24, 2.45) is 11.7 Å². The van der Waals surface area contributed by atoms with E-state index < -0.39 is 17.6 Å². The molecule has 0 spiro atoms. The molecule has 0 aromatic heterocycles. The summed E-state index contributed by atoms with van der Waals surface area (Å²) < 4.78 is 37.8. The van der Waals surface area contributed by atoms with E-state index >= 15 is 0 Å². The number of alkyl halides is 3. The second kappa shape index (κ2) is 7.13. The number of rotatable bonds is 3. The Morgan fingerprint density at radius 2 is 2.05 bits per heavy atom. The Morgan fingerprint density at radius 1 is 1.33 bits per heavy atom. The number of carbonyl (C=O) groups is 1. The van der Waals surface area contributed by atoms with Crippen LogP contribution in [-0.4, -0.2) is 18.5 Å². The fourth-order valence-corrected chi connectivity index (χ4v) is 2.60. The lowest BCUT2D eigenvalue weighted by Crippen LogP contribution is -2.39. The smallest absolute Gasteiger partial charge is 0.349 e. The fraction of sp³-hybridized carbons (Fsp3) is 0.500. The molecule has 0 aliphatic heterocycles. The highest BCUT2D eigenvalue weighted by Gasteiger charge is 2.32. The summed E-state index contributed by atoms with van der Waals surface area (Å²) in [6.07, 6.45) is -1.69. The van der Waals surface area contributed by atoms with Crippen LogP contribution in [0.15, 0.2) is 24.3 Å². The second-order valence-electron chi connectivity index (χ2n) is 5.09. The molecular weight excluding hydrogens is 305 g/mol. The number of benzene rings is 1. The molecular formula is C14H18ClF3N2O. The number of hydrogen-bond donors (Lipinski definition) is 2. The molecule has 0 radical (unpaired) electrons. The van der Waals surface area contributed by atoms with Gasteiger partial charge in [-0.15, -0.1) is 12.4 Å². The van der Waals surface area contributed by atoms with Gasteiger partial charge in [-0.3, -0.25) is 4.79 Å². The standard InChI is InChI=1S/C14H17F3N2O.ClH/c15-14(16,17)11-5-1-3-9(7-11)13(20)19-12-6-2-4-10(12)8-18;/h1,3,5,7,10,12H,2,4,6,8,18H2,(H,19,20);1H. The van der Waals surface area contributed by atoms with Gasteiger partial charge in [0, 0.05) is 11.6 Å². The van der Waals surface area contributed by atoms with Crippen molar-refractivity contribution in [2.75, 3.05) is 6.54 Å². The van der Waals surface area contributed by atoms with Crippen LogP contribution in [-0.2, 0) is 6.18 Å². The van der Waals surface area contributed by atoms with Gasteiger partial charge in [-0.1, -0.05) is 12.5 Å². The van der Waals surface area contributed by atoms with E-state index in [1.807, 2.05) is 0 Å². The first-order valence-electron chi connectivity index (χ1n) is 6.60. The van der Waals surface area contributed by atoms with Gasteiger partial charge < -0.3 is 11.1 Å². The van der Waals surface area contributed by atoms with Crippen molar-refractivity contribution in [1.29, 1.82) is 0 Å². The van der Waals surface area contributed by atoms with Gasteiger partial charge in [-0.2, -0.15) is 13.2 Å². The first kappa shape index (κ1) is 17.8. The van der Waals surface area contributed by atoms with E-state index in [1.165, 1.54) is 12.1 Å². The number of amides is 1. The Bertz CT molecular complexity index is 493. The quantitative estimate of drug-likeness (QED) is 0.899. The molecule has 2 unspecified atom stereocenters. The SMILES string of the molecule is Cl.NCC1CCCC1NC(=O)c1cccc(C(F)(F)F)c1. The predicted molar refractivity (Wildman–Crippen MR) is 76.3 cm³/mol. The monoisotopic (exact) mass is 322 g/mol. The van der Waals surface area contributed by atoms with Crippen molar-refractivity contribution in [2.45, 2.75) is 31.5 Å². The summed E-state index contributed by atoms with van der Waals surface area (Å²) in [6, 6.07) is 4.42. The van der Waals surface area contributed by atoms with Crippen LogP contribution in [0.3, 0.4) is 0 Å². The lowest BCUT2D eigenvalue weighted by molar-refractivity contribution is -0.137. The molecule has 1 saturated carbocycles. The number of carbonyl (C=O) groups excluding carboxylic acids is 1. The maximum absolute atomic E-state index is 12.6. The zero-order valence-electron chi connectivity index (χ0n) is 11.3. The zero-order chi connectivity index (χ0) is 14.8. The first-order chi connectivity index (χ1) is 9.41. The average molecular weight is 323 g/mol. The minimum atomic E-state index is -4.44. The van der Waals surface area contributed by atoms with E-state index in [4.69, 9.17) is 5.73 Å². The minimum absolute atomic E-state index is 0. The van der Waals surface area contributed by atoms with Crippen LogP contribution >= 0.6 is 12.4 Å². The molecule has 0 saturated heterocycles. The molecule has 0 heterocycles. The lowest BCUT2D eigenvalue weighted by Gasteiger charge is -2.19. The number of hydrogen-bond acceptors (Lipinski definition) is 2. The van der Waals surface area contributed by atoms with E-state index in [1.54, 1.807) is 0 Å². The van der Waals surface area contributed by atoms with E-state index in [0.29, 0.717) is 6.54 Å². The average Bonchev–Trinajstić information content (AvgIpc) is 2.85. The van der Waals surface area contributed by atoms with Gasteiger partial charge in [0.05, 0.1) is 5.56 Å². The van der Waals surface area contributed by atoms with Crippen molar-refractivity contribution in [3.05, 3.63) is 35.4 Å². The van der Waals surface area contributed by atoms with Crippen LogP contribution in [0.4, 0.5) is 13.2 Å². The predicted octanol–water partition coefficient (Wildman–Crippen LogP) is 2.98. The third kappa shape index (κ3) is 4.35. The van der Waals surface area contributed by atoms with Crippen molar-refractivity contribution >= 4 is 18.3 Å². The molecule has 0 bridgehead atoms. The van der Waals surface area contributed by atoms with Gasteiger partial charge in [0.1, 0.15) is 0 Å². The third-order valence-electron chi connectivity index (χ3n) is 3.73. The van der Waals surface area contributed by atoms with Crippen LogP contribution in [0.5, 0.6) is 0 Å². The molecule has 1 amide bonds. The molecule has 1 aliphatic rings. The summed E-state index contributed by atoms with van der Waals surface area (Å²) in [5.74, 6) is -0.258. The van der Waals surface area contributed by atoms with E-state index in [2.05, 4.69) is 5.32 Å². The molecule has 1 aromatic rings. The van der Waals surface area contributed by atoms with Gasteiger partial charge in [0.25, 0.3) is 5.91 Å². The maximum Gasteiger partial charge on any atom is 0.416 e. The first-order valence-corrected chi connectivity index (χ1v) is 6.60. The number of nitrogens with one attached hydrogen (secondary N) is 1. The summed E-state index contributed by atoms with van der Waals surface area (Å²) in [7, 11) is 0. The maximum atomic E-state index is 12.6. The highest BCUT2D eigenvalue weighted by molar-refractivity contribution is 5.94. The molecule has 118 valence electrons. The zero-order valence-corrected chi connectivity index (χ0v) is 12.1. The Labute approximate surface area is 127 Å². The highest BCUT2D eigenvalue weighted by atomic mass is 35.5. The summed E-state index contributed by atoms with van der Waals surface area (Å²) in [5, 5.41) is 2.79. The van der Waals surface area contributed by atoms with Gasteiger partial charge >= 0.3 is 6.18 Å². The Balaban J connectivity index is 0.00000220. The van der Waals surface area contributed by atoms with Crippen molar-refractivity contribution in [1.82, 2.24) is 5.32 Å². The van der Waals surface area contributed by atoms with E-state index in [0.717, 1.165) is 31.4 Å². The van der Waals surface area contributed by atoms with Gasteiger partial charge in [0.2, 0.25) is 0 Å². The molecule has 1 aliphatic carbocycles. The van der Waals surface area contributed by atoms with Gasteiger partial charge in [-0.25, -0.2) is 0 Å². The number of halogens is 4. The minimum Gasteiger partial charge on any atom is -0.349 e. The van der Waals surface area contributed by atoms with E-state index in [9.17, 15) is 18.0 Å². The summed E-state index contributed by atoms with van der Waals surface area (Å²) >= 11 is 0. The normalized spacial score (nSPS) is 21.7. The van der Waals surface area contributed by atoms with Crippen LogP contribution < -0.4 is 11.1 Å². The van der Waals surface area contributed by atoms with Crippen LogP contribution in [0, 0.1) is 5.92 Å². The molecule has 2 rings (SSSR count). The Kier molecular flexibility index (Phi) is 6.04. The Hall–Kier alpha value is -1.27. The highest BCUT2D eigenvalue weighted by Crippen LogP contribution is 2.30. The van der Waals surface area contributed by atoms with Gasteiger partial charge in [-0.05, 0) is 43.5 Å². The van der Waals surface area contributed by atoms with Crippen molar-refractivity contribution < 1.29 is 18.0 Å². The molecule has 21 heavy (non-hydrogen) atoms. The summed E-state index contributed by atoms with van der Waals surface area (Å²) in [6.45, 7) is 0.480. The van der Waals surface area contributed by atoms with E-state index in [-0.39, 0.29) is 29.9 Å². The fourth-order valence-electron chi connectivity index (χ4n) is 2.60. The topological polar surface area (TPSA) is 55.1 Å². The molecule has 1 fully saturated rings. The Morgan fingerprint density at radius 3 is 2.67 bits per heavy atom. The second-order valence-corrected chi connectivity index (χ2v) is 5.09. The third-order valence-corrected chi connectivity index (χ3v) is 3.73.